The standard InChI is InChI=1S/C14H16ClFN2/c1-2-7-18-8-3-4-12(18)10-17-14-9-11(16)5-6-13(14)15/h3-6,8-9,17H,2,7,10H2,1H3. The van der Waals surface area contributed by atoms with Crippen LogP contribution in [-0.4, -0.2) is 4.57 Å². The van der Waals surface area contributed by atoms with Crippen molar-refractivity contribution in [2.24, 2.45) is 0 Å². The van der Waals surface area contributed by atoms with E-state index >= 15 is 0 Å². The van der Waals surface area contributed by atoms with E-state index in [9.17, 15) is 4.39 Å². The minimum atomic E-state index is -0.286. The number of benzene rings is 1. The van der Waals surface area contributed by atoms with Crippen LogP contribution in [0.15, 0.2) is 36.5 Å². The van der Waals surface area contributed by atoms with Crippen molar-refractivity contribution in [1.82, 2.24) is 4.57 Å². The lowest BCUT2D eigenvalue weighted by Gasteiger charge is -2.11. The van der Waals surface area contributed by atoms with Crippen LogP contribution >= 0.6 is 11.6 Å². The molecule has 0 unspecified atom stereocenters. The average molecular weight is 267 g/mol. The topological polar surface area (TPSA) is 17.0 Å². The van der Waals surface area contributed by atoms with E-state index in [1.165, 1.54) is 12.1 Å². The number of hydrogen-bond acceptors (Lipinski definition) is 1. The van der Waals surface area contributed by atoms with Crippen LogP contribution in [0.4, 0.5) is 10.1 Å². The van der Waals surface area contributed by atoms with Crippen LogP contribution in [0.1, 0.15) is 19.0 Å². The molecule has 4 heteroatoms. The molecule has 18 heavy (non-hydrogen) atoms. The zero-order valence-corrected chi connectivity index (χ0v) is 11.0. The smallest absolute Gasteiger partial charge is 0.125 e. The van der Waals surface area contributed by atoms with Gasteiger partial charge in [-0.2, -0.15) is 0 Å². The van der Waals surface area contributed by atoms with E-state index in [-0.39, 0.29) is 5.82 Å². The first-order valence-corrected chi connectivity index (χ1v) is 6.41. The quantitative estimate of drug-likeness (QED) is 0.854. The summed E-state index contributed by atoms with van der Waals surface area (Å²) in [6.45, 7) is 3.76. The lowest BCUT2D eigenvalue weighted by Crippen LogP contribution is -2.07. The van der Waals surface area contributed by atoms with Crippen molar-refractivity contribution in [2.45, 2.75) is 26.4 Å². The van der Waals surface area contributed by atoms with Gasteiger partial charge in [0.1, 0.15) is 5.82 Å². The van der Waals surface area contributed by atoms with Gasteiger partial charge in [0.2, 0.25) is 0 Å². The van der Waals surface area contributed by atoms with Gasteiger partial charge in [0, 0.05) is 18.4 Å². The SMILES string of the molecule is CCCn1cccc1CNc1cc(F)ccc1Cl. The first kappa shape index (κ1) is 13.0. The van der Waals surface area contributed by atoms with Gasteiger partial charge < -0.3 is 9.88 Å². The highest BCUT2D eigenvalue weighted by atomic mass is 35.5. The first-order valence-electron chi connectivity index (χ1n) is 6.03. The van der Waals surface area contributed by atoms with Crippen LogP contribution < -0.4 is 5.32 Å². The molecule has 1 heterocycles. The van der Waals surface area contributed by atoms with E-state index < -0.39 is 0 Å². The first-order chi connectivity index (χ1) is 8.70. The fraction of sp³-hybridized carbons (Fsp3) is 0.286. The molecule has 1 N–H and O–H groups in total. The van der Waals surface area contributed by atoms with Crippen molar-refractivity contribution in [3.63, 3.8) is 0 Å². The van der Waals surface area contributed by atoms with E-state index in [2.05, 4.69) is 22.9 Å². The van der Waals surface area contributed by atoms with Crippen molar-refractivity contribution in [3.05, 3.63) is 53.1 Å². The number of rotatable bonds is 5. The monoisotopic (exact) mass is 266 g/mol. The van der Waals surface area contributed by atoms with Crippen molar-refractivity contribution >= 4 is 17.3 Å². The summed E-state index contributed by atoms with van der Waals surface area (Å²) >= 11 is 6.00. The van der Waals surface area contributed by atoms with Crippen LogP contribution in [0.25, 0.3) is 0 Å². The maximum atomic E-state index is 13.1. The second-order valence-electron chi connectivity index (χ2n) is 4.17. The van der Waals surface area contributed by atoms with Crippen molar-refractivity contribution in [1.29, 1.82) is 0 Å². The van der Waals surface area contributed by atoms with Gasteiger partial charge in [-0.25, -0.2) is 4.39 Å². The predicted molar refractivity (Wildman–Crippen MR) is 73.5 cm³/mol. The number of nitrogens with one attached hydrogen (secondary N) is 1. The largest absolute Gasteiger partial charge is 0.378 e. The Morgan fingerprint density at radius 1 is 1.33 bits per heavy atom. The van der Waals surface area contributed by atoms with Crippen LogP contribution in [0.5, 0.6) is 0 Å². The number of hydrogen-bond donors (Lipinski definition) is 1. The van der Waals surface area contributed by atoms with E-state index in [0.29, 0.717) is 17.3 Å². The number of nitrogens with zero attached hydrogens (tertiary/aromatic N) is 1. The molecule has 0 aliphatic rings. The summed E-state index contributed by atoms with van der Waals surface area (Å²) in [4.78, 5) is 0. The molecule has 0 saturated heterocycles. The maximum Gasteiger partial charge on any atom is 0.125 e. The molecule has 0 radical (unpaired) electrons. The Morgan fingerprint density at radius 3 is 2.94 bits per heavy atom. The molecule has 0 amide bonds. The summed E-state index contributed by atoms with van der Waals surface area (Å²) in [6.07, 6.45) is 3.14. The number of aromatic nitrogens is 1. The van der Waals surface area contributed by atoms with Crippen LogP contribution in [0.3, 0.4) is 0 Å². The molecule has 0 saturated carbocycles. The maximum absolute atomic E-state index is 13.1. The summed E-state index contributed by atoms with van der Waals surface area (Å²) in [6, 6.07) is 8.39. The lowest BCUT2D eigenvalue weighted by molar-refractivity contribution is 0.628. The molecule has 0 aliphatic heterocycles. The Bertz CT molecular complexity index is 522. The summed E-state index contributed by atoms with van der Waals surface area (Å²) in [7, 11) is 0. The second kappa shape index (κ2) is 5.91. The number of aryl methyl sites for hydroxylation is 1. The highest BCUT2D eigenvalue weighted by Gasteiger charge is 2.04. The number of halogens is 2. The molecular formula is C14H16ClFN2. The molecule has 0 atom stereocenters. The third-order valence-electron chi connectivity index (χ3n) is 2.78. The fourth-order valence-electron chi connectivity index (χ4n) is 1.89. The zero-order chi connectivity index (χ0) is 13.0. The molecule has 2 aromatic rings. The third-order valence-corrected chi connectivity index (χ3v) is 3.11. The Balaban J connectivity index is 2.06. The van der Waals surface area contributed by atoms with Gasteiger partial charge in [-0.15, -0.1) is 0 Å². The van der Waals surface area contributed by atoms with Crippen molar-refractivity contribution in [3.8, 4) is 0 Å². The minimum absolute atomic E-state index is 0.286. The Morgan fingerprint density at radius 2 is 2.17 bits per heavy atom. The van der Waals surface area contributed by atoms with Gasteiger partial charge >= 0.3 is 0 Å². The summed E-state index contributed by atoms with van der Waals surface area (Å²) < 4.78 is 15.3. The molecule has 1 aromatic carbocycles. The highest BCUT2D eigenvalue weighted by Crippen LogP contribution is 2.23. The van der Waals surface area contributed by atoms with E-state index in [4.69, 9.17) is 11.6 Å². The number of anilines is 1. The Labute approximate surface area is 111 Å². The van der Waals surface area contributed by atoms with Gasteiger partial charge in [0.25, 0.3) is 0 Å². The normalized spacial score (nSPS) is 10.6. The molecule has 0 fully saturated rings. The third kappa shape index (κ3) is 3.05. The Kier molecular flexibility index (Phi) is 4.26. The average Bonchev–Trinajstić information content (AvgIpc) is 2.78. The van der Waals surface area contributed by atoms with Crippen LogP contribution in [0.2, 0.25) is 5.02 Å². The summed E-state index contributed by atoms with van der Waals surface area (Å²) in [5.74, 6) is -0.286. The zero-order valence-electron chi connectivity index (χ0n) is 10.3. The molecule has 0 aliphatic carbocycles. The molecule has 2 nitrogen and oxygen atoms in total. The molecular weight excluding hydrogens is 251 g/mol. The molecule has 0 bridgehead atoms. The van der Waals surface area contributed by atoms with E-state index in [1.54, 1.807) is 6.07 Å². The molecule has 96 valence electrons. The van der Waals surface area contributed by atoms with Crippen molar-refractivity contribution < 1.29 is 4.39 Å². The van der Waals surface area contributed by atoms with E-state index in [1.807, 2.05) is 12.3 Å². The molecule has 0 spiro atoms. The Hall–Kier alpha value is -1.48. The molecule has 2 rings (SSSR count). The van der Waals surface area contributed by atoms with Gasteiger partial charge in [-0.05, 0) is 36.8 Å². The van der Waals surface area contributed by atoms with Crippen molar-refractivity contribution in [2.75, 3.05) is 5.32 Å². The van der Waals surface area contributed by atoms with Gasteiger partial charge in [-0.1, -0.05) is 18.5 Å². The van der Waals surface area contributed by atoms with Crippen LogP contribution in [-0.2, 0) is 13.1 Å². The fourth-order valence-corrected chi connectivity index (χ4v) is 2.07. The van der Waals surface area contributed by atoms with Crippen LogP contribution in [0, 0.1) is 5.82 Å². The summed E-state index contributed by atoms with van der Waals surface area (Å²) in [5.41, 5.74) is 1.79. The predicted octanol–water partition coefficient (Wildman–Crippen LogP) is 4.30. The molecule has 1 aromatic heterocycles. The van der Waals surface area contributed by atoms with E-state index in [0.717, 1.165) is 18.7 Å². The second-order valence-corrected chi connectivity index (χ2v) is 4.58. The summed E-state index contributed by atoms with van der Waals surface area (Å²) in [5, 5.41) is 3.69. The van der Waals surface area contributed by atoms with Gasteiger partial charge in [0.05, 0.1) is 17.3 Å². The highest BCUT2D eigenvalue weighted by molar-refractivity contribution is 6.33. The minimum Gasteiger partial charge on any atom is -0.378 e. The van der Waals surface area contributed by atoms with Gasteiger partial charge in [0.15, 0.2) is 0 Å². The van der Waals surface area contributed by atoms with Gasteiger partial charge in [-0.3, -0.25) is 0 Å². The lowest BCUT2D eigenvalue weighted by atomic mass is 10.3.